The number of hydrogen-bond donors (Lipinski definition) is 3. The molecular weight excluding hydrogens is 739 g/mol. The summed E-state index contributed by atoms with van der Waals surface area (Å²) in [5.41, 5.74) is 7.34. The number of amides is 1. The first-order valence-electron chi connectivity index (χ1n) is 19.6. The zero-order chi connectivity index (χ0) is 39.8. The topological polar surface area (TPSA) is 126 Å². The van der Waals surface area contributed by atoms with E-state index in [1.54, 1.807) is 24.3 Å². The molecule has 11 heteroatoms. The highest BCUT2D eigenvalue weighted by molar-refractivity contribution is 7.89. The van der Waals surface area contributed by atoms with Crippen molar-refractivity contribution in [2.45, 2.75) is 62.9 Å². The van der Waals surface area contributed by atoms with Crippen molar-refractivity contribution < 1.29 is 32.5 Å². The summed E-state index contributed by atoms with van der Waals surface area (Å²) in [4.78, 5) is 16.3. The highest BCUT2D eigenvalue weighted by Gasteiger charge is 2.39. The lowest BCUT2D eigenvalue weighted by atomic mass is 9.90. The van der Waals surface area contributed by atoms with Gasteiger partial charge < -0.3 is 24.6 Å². The Balaban J connectivity index is 1.08. The number of nitrogens with one attached hydrogen (secondary N) is 2. The van der Waals surface area contributed by atoms with Crippen LogP contribution in [0.25, 0.3) is 11.1 Å². The lowest BCUT2D eigenvalue weighted by Gasteiger charge is -2.43. The van der Waals surface area contributed by atoms with Crippen LogP contribution in [0.15, 0.2) is 132 Å². The van der Waals surface area contributed by atoms with Crippen LogP contribution >= 0.6 is 0 Å². The standard InChI is InChI=1S/C46H51N3O7S/c1-32-12-22-40(23-13-32)57(52,53)48-42(28-34-8-4-3-5-9-34)45(51)47-29-39-10-6-7-11-41(39)36-18-20-38(21-19-36)46-55-43(30-49-24-26-54-27-25-49)33(2)44(56-46)37-16-14-35(31-50)15-17-37/h3-23,33,42-44,46,48,50H,24-31H2,1-2H3,(H,47,51). The summed E-state index contributed by atoms with van der Waals surface area (Å²) in [6.45, 7) is 8.15. The van der Waals surface area contributed by atoms with Gasteiger partial charge in [0.2, 0.25) is 15.9 Å². The van der Waals surface area contributed by atoms with Gasteiger partial charge in [0, 0.05) is 37.7 Å². The molecule has 7 rings (SSSR count). The monoisotopic (exact) mass is 789 g/mol. The van der Waals surface area contributed by atoms with Gasteiger partial charge in [-0.25, -0.2) is 8.42 Å². The Morgan fingerprint density at radius 3 is 2.18 bits per heavy atom. The molecule has 5 aromatic carbocycles. The van der Waals surface area contributed by atoms with Crippen LogP contribution in [0, 0.1) is 12.8 Å². The van der Waals surface area contributed by atoms with Crippen molar-refractivity contribution in [1.29, 1.82) is 0 Å². The zero-order valence-corrected chi connectivity index (χ0v) is 33.2. The van der Waals surface area contributed by atoms with Gasteiger partial charge in [0.15, 0.2) is 6.29 Å². The van der Waals surface area contributed by atoms with Crippen LogP contribution in [-0.2, 0) is 48.6 Å². The summed E-state index contributed by atoms with van der Waals surface area (Å²) in [5.74, 6) is -0.344. The van der Waals surface area contributed by atoms with E-state index in [1.165, 1.54) is 0 Å². The summed E-state index contributed by atoms with van der Waals surface area (Å²) < 4.78 is 48.5. The molecule has 2 aliphatic rings. The molecule has 10 nitrogen and oxygen atoms in total. The van der Waals surface area contributed by atoms with Gasteiger partial charge in [-0.1, -0.05) is 128 Å². The molecule has 2 aliphatic heterocycles. The number of benzene rings is 5. The fraction of sp³-hybridized carbons (Fsp3) is 0.326. The first-order valence-corrected chi connectivity index (χ1v) is 21.0. The summed E-state index contributed by atoms with van der Waals surface area (Å²) in [7, 11) is -3.97. The number of aliphatic hydroxyl groups is 1. The van der Waals surface area contributed by atoms with Gasteiger partial charge in [0.1, 0.15) is 6.04 Å². The average Bonchev–Trinajstić information content (AvgIpc) is 3.24. The summed E-state index contributed by atoms with van der Waals surface area (Å²) in [5, 5.41) is 12.6. The molecule has 0 saturated carbocycles. The number of nitrogens with zero attached hydrogens (tertiary/aromatic N) is 1. The Morgan fingerprint density at radius 1 is 0.807 bits per heavy atom. The van der Waals surface area contributed by atoms with Gasteiger partial charge in [0.25, 0.3) is 0 Å². The maximum Gasteiger partial charge on any atom is 0.241 e. The van der Waals surface area contributed by atoms with E-state index in [0.717, 1.165) is 64.1 Å². The lowest BCUT2D eigenvalue weighted by Crippen LogP contribution is -2.47. The fourth-order valence-corrected chi connectivity index (χ4v) is 8.65. The molecule has 0 spiro atoms. The molecule has 0 radical (unpaired) electrons. The molecule has 5 unspecified atom stereocenters. The van der Waals surface area contributed by atoms with Crippen LogP contribution in [0.3, 0.4) is 0 Å². The maximum atomic E-state index is 13.8. The summed E-state index contributed by atoms with van der Waals surface area (Å²) in [6, 6.07) is 38.8. The van der Waals surface area contributed by atoms with E-state index < -0.39 is 28.3 Å². The Bertz CT molecular complexity index is 2180. The first-order chi connectivity index (χ1) is 27.7. The van der Waals surface area contributed by atoms with Crippen molar-refractivity contribution in [2.75, 3.05) is 32.8 Å². The molecule has 2 heterocycles. The number of aryl methyl sites for hydroxylation is 1. The van der Waals surface area contributed by atoms with Gasteiger partial charge in [-0.15, -0.1) is 0 Å². The number of ether oxygens (including phenoxy) is 3. The number of sulfonamides is 1. The average molecular weight is 790 g/mol. The van der Waals surface area contributed by atoms with Gasteiger partial charge in [-0.3, -0.25) is 9.69 Å². The van der Waals surface area contributed by atoms with Crippen LogP contribution < -0.4 is 10.0 Å². The quantitative estimate of drug-likeness (QED) is 0.117. The number of hydrogen-bond acceptors (Lipinski definition) is 8. The minimum absolute atomic E-state index is 0.0144. The van der Waals surface area contributed by atoms with E-state index in [-0.39, 0.29) is 42.6 Å². The fourth-order valence-electron chi connectivity index (χ4n) is 7.46. The third-order valence-corrected chi connectivity index (χ3v) is 12.3. The maximum absolute atomic E-state index is 13.8. The molecule has 0 aromatic heterocycles. The highest BCUT2D eigenvalue weighted by atomic mass is 32.2. The highest BCUT2D eigenvalue weighted by Crippen LogP contribution is 2.42. The Kier molecular flexibility index (Phi) is 13.3. The normalized spacial score (nSPS) is 20.8. The van der Waals surface area contributed by atoms with Crippen molar-refractivity contribution in [2.24, 2.45) is 5.92 Å². The van der Waals surface area contributed by atoms with Crippen molar-refractivity contribution >= 4 is 15.9 Å². The zero-order valence-electron chi connectivity index (χ0n) is 32.4. The molecule has 2 saturated heterocycles. The number of carbonyl (C=O) groups is 1. The molecule has 3 N–H and O–H groups in total. The van der Waals surface area contributed by atoms with Gasteiger partial charge in [-0.2, -0.15) is 4.72 Å². The third kappa shape index (κ3) is 10.2. The Hall–Kier alpha value is -4.72. The van der Waals surface area contributed by atoms with Gasteiger partial charge in [0.05, 0.1) is 36.9 Å². The van der Waals surface area contributed by atoms with Crippen molar-refractivity contribution in [3.63, 3.8) is 0 Å². The van der Waals surface area contributed by atoms with E-state index in [2.05, 4.69) is 21.9 Å². The van der Waals surface area contributed by atoms with E-state index >= 15 is 0 Å². The molecule has 2 fully saturated rings. The second-order valence-corrected chi connectivity index (χ2v) is 16.6. The number of carbonyl (C=O) groups excluding carboxylic acids is 1. The SMILES string of the molecule is Cc1ccc(S(=O)(=O)NC(Cc2ccccc2)C(=O)NCc2ccccc2-c2ccc(C3OC(CN4CCOCC4)C(C)C(c4ccc(CO)cc4)O3)cc2)cc1. The Morgan fingerprint density at radius 2 is 1.47 bits per heavy atom. The van der Waals surface area contributed by atoms with Crippen LogP contribution in [0.4, 0.5) is 0 Å². The molecule has 5 atom stereocenters. The summed E-state index contributed by atoms with van der Waals surface area (Å²) in [6.07, 6.45) is -0.699. The number of rotatable bonds is 14. The lowest BCUT2D eigenvalue weighted by molar-refractivity contribution is -0.277. The Labute approximate surface area is 335 Å². The van der Waals surface area contributed by atoms with Crippen LogP contribution in [0.5, 0.6) is 0 Å². The molecule has 1 amide bonds. The minimum Gasteiger partial charge on any atom is -0.392 e. The van der Waals surface area contributed by atoms with Gasteiger partial charge in [-0.05, 0) is 58.9 Å². The van der Waals surface area contributed by atoms with Gasteiger partial charge >= 0.3 is 0 Å². The second kappa shape index (κ2) is 18.7. The van der Waals surface area contributed by atoms with Crippen molar-refractivity contribution in [1.82, 2.24) is 14.9 Å². The number of morpholine rings is 1. The van der Waals surface area contributed by atoms with Crippen molar-refractivity contribution in [3.8, 4) is 11.1 Å². The predicted octanol–water partition coefficient (Wildman–Crippen LogP) is 6.48. The van der Waals surface area contributed by atoms with Crippen LogP contribution in [-0.4, -0.2) is 69.3 Å². The minimum atomic E-state index is -3.97. The largest absolute Gasteiger partial charge is 0.392 e. The molecule has 57 heavy (non-hydrogen) atoms. The smallest absolute Gasteiger partial charge is 0.241 e. The molecule has 0 bridgehead atoms. The van der Waals surface area contributed by atoms with Crippen molar-refractivity contribution in [3.05, 3.63) is 161 Å². The second-order valence-electron chi connectivity index (χ2n) is 14.9. The first kappa shape index (κ1) is 40.5. The van der Waals surface area contributed by atoms with E-state index in [4.69, 9.17) is 14.2 Å². The van der Waals surface area contributed by atoms with Crippen LogP contribution in [0.2, 0.25) is 0 Å². The van der Waals surface area contributed by atoms with E-state index in [9.17, 15) is 18.3 Å². The molecule has 0 aliphatic carbocycles. The van der Waals surface area contributed by atoms with E-state index in [1.807, 2.05) is 110 Å². The van der Waals surface area contributed by atoms with Crippen LogP contribution in [0.1, 0.15) is 52.7 Å². The van der Waals surface area contributed by atoms with E-state index in [0.29, 0.717) is 13.2 Å². The molecule has 298 valence electrons. The predicted molar refractivity (Wildman–Crippen MR) is 219 cm³/mol. The third-order valence-electron chi connectivity index (χ3n) is 10.9. The summed E-state index contributed by atoms with van der Waals surface area (Å²) >= 11 is 0. The number of aliphatic hydroxyl groups excluding tert-OH is 1. The molecular formula is C46H51N3O7S. The molecule has 5 aromatic rings.